The van der Waals surface area contributed by atoms with E-state index in [9.17, 15) is 0 Å². The molecule has 1 aromatic rings. The lowest BCUT2D eigenvalue weighted by atomic mass is 9.84. The van der Waals surface area contributed by atoms with Gasteiger partial charge in [0, 0.05) is 11.6 Å². The Morgan fingerprint density at radius 2 is 1.92 bits per heavy atom. The SMILES string of the molecule is CC(C)(C)c1ccc(Cl)cc1CN. The fraction of sp³-hybridized carbons (Fsp3) is 0.455. The Hall–Kier alpha value is -0.530. The first kappa shape index (κ1) is 10.6. The predicted octanol–water partition coefficient (Wildman–Crippen LogP) is 3.10. The summed E-state index contributed by atoms with van der Waals surface area (Å²) in [5.41, 5.74) is 8.21. The van der Waals surface area contributed by atoms with Crippen LogP contribution in [0, 0.1) is 0 Å². The van der Waals surface area contributed by atoms with Gasteiger partial charge in [0.25, 0.3) is 0 Å². The molecule has 13 heavy (non-hydrogen) atoms. The van der Waals surface area contributed by atoms with Crippen LogP contribution in [-0.2, 0) is 12.0 Å². The first-order chi connectivity index (χ1) is 5.95. The van der Waals surface area contributed by atoms with Crippen LogP contribution >= 0.6 is 11.6 Å². The van der Waals surface area contributed by atoms with Gasteiger partial charge >= 0.3 is 0 Å². The molecule has 0 aliphatic heterocycles. The molecular weight excluding hydrogens is 182 g/mol. The van der Waals surface area contributed by atoms with Crippen LogP contribution in [-0.4, -0.2) is 0 Å². The smallest absolute Gasteiger partial charge is 0.0409 e. The first-order valence-corrected chi connectivity index (χ1v) is 4.82. The highest BCUT2D eigenvalue weighted by Gasteiger charge is 2.16. The molecule has 1 rings (SSSR count). The second-order valence-corrected chi connectivity index (χ2v) is 4.69. The molecule has 1 nitrogen and oxygen atoms in total. The van der Waals surface area contributed by atoms with Gasteiger partial charge in [-0.05, 0) is 28.7 Å². The van der Waals surface area contributed by atoms with E-state index in [4.69, 9.17) is 17.3 Å². The monoisotopic (exact) mass is 197 g/mol. The van der Waals surface area contributed by atoms with Gasteiger partial charge < -0.3 is 5.73 Å². The van der Waals surface area contributed by atoms with Gasteiger partial charge in [-0.25, -0.2) is 0 Å². The van der Waals surface area contributed by atoms with Gasteiger partial charge in [0.1, 0.15) is 0 Å². The summed E-state index contributed by atoms with van der Waals surface area (Å²) < 4.78 is 0. The Balaban J connectivity index is 3.22. The van der Waals surface area contributed by atoms with E-state index in [1.165, 1.54) is 5.56 Å². The summed E-state index contributed by atoms with van der Waals surface area (Å²) in [5, 5.41) is 0.758. The van der Waals surface area contributed by atoms with Crippen LogP contribution < -0.4 is 5.73 Å². The molecule has 1 aromatic carbocycles. The van der Waals surface area contributed by atoms with Crippen molar-refractivity contribution in [2.45, 2.75) is 32.7 Å². The van der Waals surface area contributed by atoms with E-state index < -0.39 is 0 Å². The number of hydrogen-bond acceptors (Lipinski definition) is 1. The maximum absolute atomic E-state index is 5.89. The zero-order valence-corrected chi connectivity index (χ0v) is 9.15. The number of nitrogens with two attached hydrogens (primary N) is 1. The molecule has 2 N–H and O–H groups in total. The highest BCUT2D eigenvalue weighted by atomic mass is 35.5. The third-order valence-electron chi connectivity index (χ3n) is 2.10. The summed E-state index contributed by atoms with van der Waals surface area (Å²) in [5.74, 6) is 0. The van der Waals surface area contributed by atoms with E-state index >= 15 is 0 Å². The van der Waals surface area contributed by atoms with E-state index in [0.29, 0.717) is 6.54 Å². The maximum atomic E-state index is 5.89. The lowest BCUT2D eigenvalue weighted by Crippen LogP contribution is -2.15. The molecule has 0 unspecified atom stereocenters. The summed E-state index contributed by atoms with van der Waals surface area (Å²) >= 11 is 5.89. The van der Waals surface area contributed by atoms with Gasteiger partial charge in [0.15, 0.2) is 0 Å². The molecule has 0 bridgehead atoms. The van der Waals surface area contributed by atoms with Gasteiger partial charge in [0.05, 0.1) is 0 Å². The molecule has 0 saturated carbocycles. The molecular formula is C11H16ClN. The van der Waals surface area contributed by atoms with Crippen molar-refractivity contribution in [3.8, 4) is 0 Å². The average Bonchev–Trinajstić information content (AvgIpc) is 2.01. The van der Waals surface area contributed by atoms with E-state index in [-0.39, 0.29) is 5.41 Å². The first-order valence-electron chi connectivity index (χ1n) is 4.44. The van der Waals surface area contributed by atoms with E-state index in [1.807, 2.05) is 12.1 Å². The lowest BCUT2D eigenvalue weighted by Gasteiger charge is -2.22. The molecule has 0 amide bonds. The summed E-state index contributed by atoms with van der Waals surface area (Å²) in [7, 11) is 0. The highest BCUT2D eigenvalue weighted by molar-refractivity contribution is 6.30. The molecule has 0 heterocycles. The zero-order chi connectivity index (χ0) is 10.1. The molecule has 0 spiro atoms. The minimum Gasteiger partial charge on any atom is -0.326 e. The highest BCUT2D eigenvalue weighted by Crippen LogP contribution is 2.27. The van der Waals surface area contributed by atoms with E-state index in [0.717, 1.165) is 10.6 Å². The fourth-order valence-electron chi connectivity index (χ4n) is 1.46. The molecule has 0 saturated heterocycles. The second kappa shape index (κ2) is 3.69. The molecule has 0 radical (unpaired) electrons. The van der Waals surface area contributed by atoms with Crippen molar-refractivity contribution in [2.75, 3.05) is 0 Å². The van der Waals surface area contributed by atoms with Crippen LogP contribution in [0.15, 0.2) is 18.2 Å². The minimum atomic E-state index is 0.138. The second-order valence-electron chi connectivity index (χ2n) is 4.26. The Morgan fingerprint density at radius 1 is 1.31 bits per heavy atom. The Bertz CT molecular complexity index is 299. The lowest BCUT2D eigenvalue weighted by molar-refractivity contribution is 0.582. The van der Waals surface area contributed by atoms with Gasteiger partial charge in [0.2, 0.25) is 0 Å². The van der Waals surface area contributed by atoms with Crippen molar-refractivity contribution in [2.24, 2.45) is 5.73 Å². The normalized spacial score (nSPS) is 11.8. The molecule has 0 aromatic heterocycles. The van der Waals surface area contributed by atoms with Crippen LogP contribution in [0.1, 0.15) is 31.9 Å². The molecule has 0 atom stereocenters. The standard InChI is InChI=1S/C11H16ClN/c1-11(2,3)10-5-4-9(12)6-8(10)7-13/h4-6H,7,13H2,1-3H3. The Kier molecular flexibility index (Phi) is 2.99. The zero-order valence-electron chi connectivity index (χ0n) is 8.39. The number of rotatable bonds is 1. The number of benzene rings is 1. The van der Waals surface area contributed by atoms with E-state index in [1.54, 1.807) is 0 Å². The number of halogens is 1. The van der Waals surface area contributed by atoms with Gasteiger partial charge in [-0.2, -0.15) is 0 Å². The van der Waals surface area contributed by atoms with Crippen molar-refractivity contribution < 1.29 is 0 Å². The summed E-state index contributed by atoms with van der Waals surface area (Å²) in [4.78, 5) is 0. The maximum Gasteiger partial charge on any atom is 0.0409 e. The van der Waals surface area contributed by atoms with Crippen LogP contribution in [0.5, 0.6) is 0 Å². The largest absolute Gasteiger partial charge is 0.326 e. The number of hydrogen-bond donors (Lipinski definition) is 1. The predicted molar refractivity (Wildman–Crippen MR) is 58.0 cm³/mol. The quantitative estimate of drug-likeness (QED) is 0.736. The Morgan fingerprint density at radius 3 is 2.38 bits per heavy atom. The van der Waals surface area contributed by atoms with Gasteiger partial charge in [-0.3, -0.25) is 0 Å². The van der Waals surface area contributed by atoms with Crippen molar-refractivity contribution in [3.63, 3.8) is 0 Å². The summed E-state index contributed by atoms with van der Waals surface area (Å²) in [6.07, 6.45) is 0. The van der Waals surface area contributed by atoms with Crippen molar-refractivity contribution in [3.05, 3.63) is 34.3 Å². The summed E-state index contributed by atoms with van der Waals surface area (Å²) in [6.45, 7) is 7.08. The van der Waals surface area contributed by atoms with E-state index in [2.05, 4.69) is 26.8 Å². The molecule has 72 valence electrons. The van der Waals surface area contributed by atoms with Gasteiger partial charge in [-0.15, -0.1) is 0 Å². The van der Waals surface area contributed by atoms with Crippen LogP contribution in [0.3, 0.4) is 0 Å². The summed E-state index contributed by atoms with van der Waals surface area (Å²) in [6, 6.07) is 5.92. The van der Waals surface area contributed by atoms with Gasteiger partial charge in [-0.1, -0.05) is 38.4 Å². The Labute approximate surface area is 84.9 Å². The van der Waals surface area contributed by atoms with Crippen molar-refractivity contribution in [1.29, 1.82) is 0 Å². The molecule has 2 heteroatoms. The van der Waals surface area contributed by atoms with Crippen LogP contribution in [0.2, 0.25) is 5.02 Å². The van der Waals surface area contributed by atoms with Crippen LogP contribution in [0.4, 0.5) is 0 Å². The third-order valence-corrected chi connectivity index (χ3v) is 2.33. The third kappa shape index (κ3) is 2.45. The average molecular weight is 198 g/mol. The van der Waals surface area contributed by atoms with Crippen molar-refractivity contribution >= 4 is 11.6 Å². The molecule has 0 aliphatic rings. The topological polar surface area (TPSA) is 26.0 Å². The van der Waals surface area contributed by atoms with Crippen LogP contribution in [0.25, 0.3) is 0 Å². The minimum absolute atomic E-state index is 0.138. The molecule has 0 aliphatic carbocycles. The van der Waals surface area contributed by atoms with Crippen molar-refractivity contribution in [1.82, 2.24) is 0 Å². The fourth-order valence-corrected chi connectivity index (χ4v) is 1.66. The molecule has 0 fully saturated rings.